The van der Waals surface area contributed by atoms with Crippen LogP contribution in [0.25, 0.3) is 22.5 Å². The van der Waals surface area contributed by atoms with Crippen molar-refractivity contribution < 1.29 is 0 Å². The van der Waals surface area contributed by atoms with Crippen LogP contribution in [-0.2, 0) is 6.54 Å². The number of tetrazole rings is 1. The van der Waals surface area contributed by atoms with E-state index < -0.39 is 0 Å². The number of nitrogens with zero attached hydrogens (tertiary/aromatic N) is 7. The highest BCUT2D eigenvalue weighted by atomic mass is 15.5. The number of aromatic nitrogens is 4. The highest BCUT2D eigenvalue weighted by molar-refractivity contribution is 6.11. The zero-order valence-electron chi connectivity index (χ0n) is 24.2. The zero-order valence-corrected chi connectivity index (χ0v) is 24.2. The molecule has 3 aromatic carbocycles. The first-order valence-corrected chi connectivity index (χ1v) is 15.3. The molecule has 3 heterocycles. The molecule has 2 aliphatic heterocycles. The molecule has 0 saturated heterocycles. The van der Waals surface area contributed by atoms with Crippen molar-refractivity contribution in [1.82, 2.24) is 30.4 Å². The Morgan fingerprint density at radius 3 is 2.40 bits per heavy atom. The molecule has 42 heavy (non-hydrogen) atoms. The number of amidine groups is 1. The van der Waals surface area contributed by atoms with E-state index in [9.17, 15) is 0 Å². The largest absolute Gasteiger partial charge is 0.357 e. The molecule has 1 aromatic heterocycles. The zero-order chi connectivity index (χ0) is 28.3. The van der Waals surface area contributed by atoms with Gasteiger partial charge in [-0.3, -0.25) is 0 Å². The number of anilines is 1. The van der Waals surface area contributed by atoms with Gasteiger partial charge in [-0.15, -0.1) is 10.2 Å². The lowest BCUT2D eigenvalue weighted by molar-refractivity contribution is 0.251. The smallest absolute Gasteiger partial charge is 0.205 e. The third kappa shape index (κ3) is 5.53. The standard InChI is InChI=1S/C34H38N8/c1-2-3-5-14-32-35-34-31(23-40(21-25-15-16-25)24-42(34)28-10-6-4-7-11-28)41(32)22-26-17-19-27(20-18-26)29-12-8-9-13-30(29)33-36-38-39-37-33/h4,6-13,17-20,23,25,32H,2-3,5,14-16,21-22,24H2,1H3,(H,36,37,38,39). The molecule has 1 saturated carbocycles. The lowest BCUT2D eigenvalue weighted by atomic mass is 9.98. The molecular weight excluding hydrogens is 520 g/mol. The normalized spacial score (nSPS) is 18.2. The van der Waals surface area contributed by atoms with Crippen LogP contribution in [0.2, 0.25) is 0 Å². The summed E-state index contributed by atoms with van der Waals surface area (Å²) < 4.78 is 0. The molecule has 0 radical (unpaired) electrons. The van der Waals surface area contributed by atoms with E-state index >= 15 is 0 Å². The summed E-state index contributed by atoms with van der Waals surface area (Å²) in [4.78, 5) is 12.9. The van der Waals surface area contributed by atoms with E-state index in [4.69, 9.17) is 4.99 Å². The van der Waals surface area contributed by atoms with Crippen molar-refractivity contribution >= 4 is 11.5 Å². The third-order valence-electron chi connectivity index (χ3n) is 8.51. The number of unbranched alkanes of at least 4 members (excludes halogenated alkanes) is 2. The summed E-state index contributed by atoms with van der Waals surface area (Å²) >= 11 is 0. The van der Waals surface area contributed by atoms with E-state index in [0.717, 1.165) is 54.6 Å². The van der Waals surface area contributed by atoms with Crippen LogP contribution in [-0.4, -0.2) is 55.6 Å². The summed E-state index contributed by atoms with van der Waals surface area (Å²) in [6.45, 7) is 5.06. The number of hydrogen-bond acceptors (Lipinski definition) is 7. The second kappa shape index (κ2) is 11.8. The van der Waals surface area contributed by atoms with Gasteiger partial charge in [-0.05, 0) is 65.6 Å². The number of para-hydroxylation sites is 1. The van der Waals surface area contributed by atoms with Gasteiger partial charge >= 0.3 is 0 Å². The molecule has 1 N–H and O–H groups in total. The second-order valence-electron chi connectivity index (χ2n) is 11.7. The predicted molar refractivity (Wildman–Crippen MR) is 167 cm³/mol. The van der Waals surface area contributed by atoms with E-state index in [1.54, 1.807) is 0 Å². The lowest BCUT2D eigenvalue weighted by Crippen LogP contribution is -2.46. The maximum absolute atomic E-state index is 5.40. The van der Waals surface area contributed by atoms with Gasteiger partial charge in [0.15, 0.2) is 5.84 Å². The van der Waals surface area contributed by atoms with Crippen LogP contribution in [0.5, 0.6) is 0 Å². The molecule has 8 nitrogen and oxygen atoms in total. The van der Waals surface area contributed by atoms with Crippen molar-refractivity contribution in [3.05, 3.63) is 96.3 Å². The number of nitrogens with one attached hydrogen (secondary N) is 1. The molecule has 0 amide bonds. The maximum atomic E-state index is 5.40. The Kier molecular flexibility index (Phi) is 7.43. The van der Waals surface area contributed by atoms with Gasteiger partial charge in [0, 0.05) is 30.5 Å². The molecule has 8 heteroatoms. The molecular formula is C34H38N8. The van der Waals surface area contributed by atoms with Crippen molar-refractivity contribution in [2.75, 3.05) is 18.1 Å². The Morgan fingerprint density at radius 1 is 0.881 bits per heavy atom. The van der Waals surface area contributed by atoms with Crippen molar-refractivity contribution in [1.29, 1.82) is 0 Å². The number of aromatic amines is 1. The van der Waals surface area contributed by atoms with Crippen LogP contribution in [0.4, 0.5) is 5.69 Å². The second-order valence-corrected chi connectivity index (χ2v) is 11.7. The first kappa shape index (κ1) is 26.4. The summed E-state index contributed by atoms with van der Waals surface area (Å²) in [6, 6.07) is 27.9. The molecule has 1 fully saturated rings. The van der Waals surface area contributed by atoms with Crippen LogP contribution >= 0.6 is 0 Å². The summed E-state index contributed by atoms with van der Waals surface area (Å²) in [5, 5.41) is 14.8. The molecule has 7 rings (SSSR count). The van der Waals surface area contributed by atoms with Gasteiger partial charge in [0.2, 0.25) is 5.82 Å². The van der Waals surface area contributed by atoms with E-state index in [1.165, 1.54) is 49.1 Å². The van der Waals surface area contributed by atoms with Gasteiger partial charge < -0.3 is 14.7 Å². The Labute approximate surface area is 247 Å². The highest BCUT2D eigenvalue weighted by Gasteiger charge is 2.38. The average molecular weight is 559 g/mol. The predicted octanol–water partition coefficient (Wildman–Crippen LogP) is 6.69. The summed E-state index contributed by atoms with van der Waals surface area (Å²) in [7, 11) is 0. The Bertz CT molecular complexity index is 1540. The minimum absolute atomic E-state index is 0.142. The van der Waals surface area contributed by atoms with Crippen LogP contribution in [0.1, 0.15) is 51.0 Å². The molecule has 214 valence electrons. The van der Waals surface area contributed by atoms with E-state index in [-0.39, 0.29) is 6.17 Å². The number of benzene rings is 3. The molecule has 1 aliphatic carbocycles. The lowest BCUT2D eigenvalue weighted by Gasteiger charge is -2.38. The van der Waals surface area contributed by atoms with E-state index in [1.807, 2.05) is 12.1 Å². The Morgan fingerprint density at radius 2 is 1.67 bits per heavy atom. The Hall–Kier alpha value is -4.46. The number of aliphatic imine (C=N–C) groups is 1. The van der Waals surface area contributed by atoms with Crippen LogP contribution in [0.15, 0.2) is 95.8 Å². The van der Waals surface area contributed by atoms with Crippen LogP contribution in [0.3, 0.4) is 0 Å². The fraction of sp³-hybridized carbons (Fsp3) is 0.353. The molecule has 4 aromatic rings. The van der Waals surface area contributed by atoms with Gasteiger partial charge in [-0.25, -0.2) is 4.99 Å². The Balaban J connectivity index is 1.18. The molecule has 1 unspecified atom stereocenters. The van der Waals surface area contributed by atoms with Gasteiger partial charge in [-0.2, -0.15) is 5.21 Å². The molecule has 0 bridgehead atoms. The number of hydrogen-bond donors (Lipinski definition) is 1. The highest BCUT2D eigenvalue weighted by Crippen LogP contribution is 2.37. The summed E-state index contributed by atoms with van der Waals surface area (Å²) in [5.74, 6) is 2.53. The van der Waals surface area contributed by atoms with Crippen molar-refractivity contribution in [2.45, 2.75) is 58.2 Å². The van der Waals surface area contributed by atoms with Crippen molar-refractivity contribution in [2.24, 2.45) is 10.9 Å². The summed E-state index contributed by atoms with van der Waals surface area (Å²) in [6.07, 6.45) is 9.92. The first-order valence-electron chi connectivity index (χ1n) is 15.3. The first-order chi connectivity index (χ1) is 20.8. The van der Waals surface area contributed by atoms with Crippen LogP contribution < -0.4 is 4.90 Å². The fourth-order valence-corrected chi connectivity index (χ4v) is 6.10. The minimum Gasteiger partial charge on any atom is -0.357 e. The SMILES string of the molecule is CCCCCC1N=C2C(=CN(CC3CC3)CN2c2ccccc2)N1Cc1ccc(-c2ccccc2-c2nn[nH]n2)cc1. The maximum Gasteiger partial charge on any atom is 0.205 e. The number of rotatable bonds is 11. The van der Waals surface area contributed by atoms with Gasteiger partial charge in [0.05, 0.1) is 12.4 Å². The van der Waals surface area contributed by atoms with Gasteiger partial charge in [-0.1, -0.05) is 86.5 Å². The van der Waals surface area contributed by atoms with E-state index in [2.05, 4.69) is 115 Å². The minimum atomic E-state index is 0.142. The fourth-order valence-electron chi connectivity index (χ4n) is 6.10. The number of fused-ring (bicyclic) bond motifs is 1. The average Bonchev–Trinajstić information content (AvgIpc) is 3.54. The van der Waals surface area contributed by atoms with E-state index in [0.29, 0.717) is 5.82 Å². The molecule has 1 atom stereocenters. The quantitative estimate of drug-likeness (QED) is 0.207. The molecule has 3 aliphatic rings. The van der Waals surface area contributed by atoms with Gasteiger partial charge in [0.1, 0.15) is 6.17 Å². The van der Waals surface area contributed by atoms with Crippen molar-refractivity contribution in [3.8, 4) is 22.5 Å². The number of H-pyrrole nitrogens is 1. The summed E-state index contributed by atoms with van der Waals surface area (Å²) in [5.41, 5.74) is 6.94. The molecule has 0 spiro atoms. The topological polar surface area (TPSA) is 76.5 Å². The van der Waals surface area contributed by atoms with Crippen molar-refractivity contribution in [3.63, 3.8) is 0 Å². The third-order valence-corrected chi connectivity index (χ3v) is 8.51. The van der Waals surface area contributed by atoms with Gasteiger partial charge in [0.25, 0.3) is 0 Å². The van der Waals surface area contributed by atoms with Crippen LogP contribution in [0, 0.1) is 5.92 Å². The monoisotopic (exact) mass is 558 g/mol.